The van der Waals surface area contributed by atoms with Crippen molar-refractivity contribution in [1.29, 1.82) is 5.26 Å². The average Bonchev–Trinajstić information content (AvgIpc) is 2.10. The van der Waals surface area contributed by atoms with Crippen LogP contribution in [0.15, 0.2) is 0 Å². The van der Waals surface area contributed by atoms with Gasteiger partial charge in [-0.05, 0) is 32.4 Å². The molecular weight excluding hydrogens is 148 g/mol. The standard InChI is InChI=1S/C10H16N2/c1-2-3-4-6-9-12-10-7-5-8-11/h1,12H,3-7,9-10H2. The van der Waals surface area contributed by atoms with Gasteiger partial charge >= 0.3 is 0 Å². The van der Waals surface area contributed by atoms with E-state index in [0.717, 1.165) is 38.8 Å². The van der Waals surface area contributed by atoms with Crippen LogP contribution in [0.1, 0.15) is 32.1 Å². The molecule has 0 aliphatic carbocycles. The van der Waals surface area contributed by atoms with E-state index in [9.17, 15) is 0 Å². The summed E-state index contributed by atoms with van der Waals surface area (Å²) in [6.45, 7) is 1.97. The Bertz CT molecular complexity index is 142. The number of hydrogen-bond acceptors (Lipinski definition) is 2. The monoisotopic (exact) mass is 164 g/mol. The molecule has 2 heteroatoms. The lowest BCUT2D eigenvalue weighted by molar-refractivity contribution is 0.613. The zero-order chi connectivity index (χ0) is 9.07. The molecule has 1 N–H and O–H groups in total. The quantitative estimate of drug-likeness (QED) is 0.459. The fraction of sp³-hybridized carbons (Fsp3) is 0.700. The summed E-state index contributed by atoms with van der Waals surface area (Å²) in [5.74, 6) is 2.61. The Labute approximate surface area is 75.0 Å². The second-order valence-electron chi connectivity index (χ2n) is 2.67. The summed E-state index contributed by atoms with van der Waals surface area (Å²) in [6, 6.07) is 2.11. The lowest BCUT2D eigenvalue weighted by Gasteiger charge is -2.00. The molecule has 0 saturated heterocycles. The summed E-state index contributed by atoms with van der Waals surface area (Å²) in [5.41, 5.74) is 0. The fourth-order valence-corrected chi connectivity index (χ4v) is 0.895. The highest BCUT2D eigenvalue weighted by Gasteiger charge is 1.87. The predicted octanol–water partition coefficient (Wildman–Crippen LogP) is 1.68. The van der Waals surface area contributed by atoms with E-state index in [0.29, 0.717) is 6.42 Å². The lowest BCUT2D eigenvalue weighted by atomic mass is 10.2. The average molecular weight is 164 g/mol. The molecule has 0 aliphatic rings. The highest BCUT2D eigenvalue weighted by molar-refractivity contribution is 4.82. The summed E-state index contributed by atoms with van der Waals surface area (Å²) < 4.78 is 0. The van der Waals surface area contributed by atoms with Crippen LogP contribution in [-0.2, 0) is 0 Å². The van der Waals surface area contributed by atoms with Crippen molar-refractivity contribution >= 4 is 0 Å². The summed E-state index contributed by atoms with van der Waals surface area (Å²) in [5, 5.41) is 11.5. The Kier molecular flexibility index (Phi) is 9.18. The molecule has 0 aromatic heterocycles. The maximum absolute atomic E-state index is 8.24. The number of nitriles is 1. The van der Waals surface area contributed by atoms with Crippen LogP contribution in [-0.4, -0.2) is 13.1 Å². The summed E-state index contributed by atoms with van der Waals surface area (Å²) >= 11 is 0. The Morgan fingerprint density at radius 1 is 1.08 bits per heavy atom. The number of hydrogen-bond donors (Lipinski definition) is 1. The van der Waals surface area contributed by atoms with Crippen LogP contribution >= 0.6 is 0 Å². The fourth-order valence-electron chi connectivity index (χ4n) is 0.895. The Hall–Kier alpha value is -0.990. The molecule has 0 fully saturated rings. The van der Waals surface area contributed by atoms with Crippen molar-refractivity contribution in [1.82, 2.24) is 5.32 Å². The van der Waals surface area contributed by atoms with Crippen molar-refractivity contribution in [3.8, 4) is 18.4 Å². The molecule has 0 saturated carbocycles. The van der Waals surface area contributed by atoms with Crippen LogP contribution in [0, 0.1) is 23.7 Å². The van der Waals surface area contributed by atoms with Crippen molar-refractivity contribution in [2.24, 2.45) is 0 Å². The van der Waals surface area contributed by atoms with E-state index in [1.54, 1.807) is 0 Å². The number of rotatable bonds is 7. The van der Waals surface area contributed by atoms with Gasteiger partial charge in [-0.25, -0.2) is 0 Å². The first-order valence-corrected chi connectivity index (χ1v) is 4.43. The molecule has 0 heterocycles. The minimum absolute atomic E-state index is 0.650. The number of unbranched alkanes of at least 4 members (excludes halogenated alkanes) is 3. The van der Waals surface area contributed by atoms with Gasteiger partial charge in [0.05, 0.1) is 6.07 Å². The van der Waals surface area contributed by atoms with Gasteiger partial charge in [0.1, 0.15) is 0 Å². The SMILES string of the molecule is C#CCCCCNCCCC#N. The second kappa shape index (κ2) is 10.0. The van der Waals surface area contributed by atoms with Crippen molar-refractivity contribution in [3.63, 3.8) is 0 Å². The van der Waals surface area contributed by atoms with E-state index < -0.39 is 0 Å². The van der Waals surface area contributed by atoms with Crippen molar-refractivity contribution in [2.45, 2.75) is 32.1 Å². The third-order valence-electron chi connectivity index (χ3n) is 1.57. The molecule has 0 radical (unpaired) electrons. The van der Waals surface area contributed by atoms with Crippen LogP contribution in [0.25, 0.3) is 0 Å². The van der Waals surface area contributed by atoms with E-state index in [4.69, 9.17) is 11.7 Å². The highest BCUT2D eigenvalue weighted by atomic mass is 14.8. The molecule has 0 aromatic carbocycles. The van der Waals surface area contributed by atoms with Crippen molar-refractivity contribution < 1.29 is 0 Å². The lowest BCUT2D eigenvalue weighted by Crippen LogP contribution is -2.16. The zero-order valence-electron chi connectivity index (χ0n) is 7.47. The molecule has 0 rings (SSSR count). The Morgan fingerprint density at radius 3 is 2.50 bits per heavy atom. The van der Waals surface area contributed by atoms with Crippen molar-refractivity contribution in [3.05, 3.63) is 0 Å². The van der Waals surface area contributed by atoms with Gasteiger partial charge < -0.3 is 5.32 Å². The van der Waals surface area contributed by atoms with Crippen LogP contribution in [0.4, 0.5) is 0 Å². The summed E-state index contributed by atoms with van der Waals surface area (Å²) in [6.07, 6.45) is 9.81. The minimum Gasteiger partial charge on any atom is -0.317 e. The molecule has 0 amide bonds. The zero-order valence-corrected chi connectivity index (χ0v) is 7.47. The van der Waals surface area contributed by atoms with Crippen LogP contribution in [0.5, 0.6) is 0 Å². The topological polar surface area (TPSA) is 35.8 Å². The van der Waals surface area contributed by atoms with Gasteiger partial charge in [-0.1, -0.05) is 0 Å². The highest BCUT2D eigenvalue weighted by Crippen LogP contribution is 1.91. The smallest absolute Gasteiger partial charge is 0.0622 e. The van der Waals surface area contributed by atoms with E-state index in [1.165, 1.54) is 0 Å². The second-order valence-corrected chi connectivity index (χ2v) is 2.67. The largest absolute Gasteiger partial charge is 0.317 e. The first kappa shape index (κ1) is 11.0. The predicted molar refractivity (Wildman–Crippen MR) is 50.4 cm³/mol. The Balaban J connectivity index is 2.84. The molecule has 0 bridgehead atoms. The normalized spacial score (nSPS) is 8.83. The van der Waals surface area contributed by atoms with E-state index in [-0.39, 0.29) is 0 Å². The molecule has 12 heavy (non-hydrogen) atoms. The third kappa shape index (κ3) is 9.01. The van der Waals surface area contributed by atoms with Crippen LogP contribution in [0.3, 0.4) is 0 Å². The number of nitrogens with one attached hydrogen (secondary N) is 1. The van der Waals surface area contributed by atoms with Gasteiger partial charge in [0, 0.05) is 12.8 Å². The molecular formula is C10H16N2. The molecule has 0 aliphatic heterocycles. The molecule has 66 valence electrons. The minimum atomic E-state index is 0.650. The van der Waals surface area contributed by atoms with Gasteiger partial charge in [0.2, 0.25) is 0 Å². The van der Waals surface area contributed by atoms with Gasteiger partial charge in [-0.3, -0.25) is 0 Å². The Morgan fingerprint density at radius 2 is 1.83 bits per heavy atom. The maximum atomic E-state index is 8.24. The molecule has 2 nitrogen and oxygen atoms in total. The third-order valence-corrected chi connectivity index (χ3v) is 1.57. The van der Waals surface area contributed by atoms with E-state index >= 15 is 0 Å². The van der Waals surface area contributed by atoms with E-state index in [2.05, 4.69) is 17.3 Å². The van der Waals surface area contributed by atoms with Gasteiger partial charge in [0.15, 0.2) is 0 Å². The first-order valence-electron chi connectivity index (χ1n) is 4.43. The molecule has 0 aromatic rings. The maximum Gasteiger partial charge on any atom is 0.0622 e. The van der Waals surface area contributed by atoms with Gasteiger partial charge in [-0.15, -0.1) is 12.3 Å². The van der Waals surface area contributed by atoms with Crippen molar-refractivity contribution in [2.75, 3.05) is 13.1 Å². The van der Waals surface area contributed by atoms with E-state index in [1.807, 2.05) is 0 Å². The number of nitrogens with zero attached hydrogens (tertiary/aromatic N) is 1. The molecule has 0 spiro atoms. The summed E-state index contributed by atoms with van der Waals surface area (Å²) in [4.78, 5) is 0. The first-order chi connectivity index (χ1) is 5.91. The van der Waals surface area contributed by atoms with Crippen LogP contribution in [0.2, 0.25) is 0 Å². The van der Waals surface area contributed by atoms with Gasteiger partial charge in [-0.2, -0.15) is 5.26 Å². The molecule has 0 atom stereocenters. The number of terminal acetylenes is 1. The van der Waals surface area contributed by atoms with Gasteiger partial charge in [0.25, 0.3) is 0 Å². The molecule has 0 unspecified atom stereocenters. The summed E-state index contributed by atoms with van der Waals surface area (Å²) in [7, 11) is 0. The van der Waals surface area contributed by atoms with Crippen LogP contribution < -0.4 is 5.32 Å².